The largest absolute Gasteiger partial charge is 0.481 e. The van der Waals surface area contributed by atoms with E-state index in [1.54, 1.807) is 0 Å². The fourth-order valence-electron chi connectivity index (χ4n) is 5.74. The van der Waals surface area contributed by atoms with Gasteiger partial charge in [0.25, 0.3) is 0 Å². The molecule has 0 spiro atoms. The first-order valence-corrected chi connectivity index (χ1v) is 18.6. The molecular weight excluding hydrogens is 556 g/mol. The Labute approximate surface area is 269 Å². The van der Waals surface area contributed by atoms with Gasteiger partial charge in [-0.3, -0.25) is 19.2 Å². The first-order valence-electron chi connectivity index (χ1n) is 18.6. The van der Waals surface area contributed by atoms with Gasteiger partial charge in [-0.1, -0.05) is 161 Å². The molecule has 0 atom stereocenters. The van der Waals surface area contributed by atoms with Crippen LogP contribution in [0.5, 0.6) is 0 Å². The van der Waals surface area contributed by atoms with Gasteiger partial charge in [-0.2, -0.15) is 0 Å². The van der Waals surface area contributed by atoms with Gasteiger partial charge in [-0.15, -0.1) is 0 Å². The Morgan fingerprint density at radius 2 is 0.432 bits per heavy atom. The van der Waals surface area contributed by atoms with Crippen LogP contribution in [0.1, 0.15) is 212 Å². The quantitative estimate of drug-likeness (QED) is 0.0409. The molecule has 0 bridgehead atoms. The highest BCUT2D eigenvalue weighted by Gasteiger charge is 2.10. The van der Waals surface area contributed by atoms with Gasteiger partial charge in [-0.25, -0.2) is 0 Å². The first-order chi connectivity index (χ1) is 21.4. The van der Waals surface area contributed by atoms with Crippen LogP contribution in [0.15, 0.2) is 0 Å². The zero-order valence-corrected chi connectivity index (χ0v) is 28.3. The Hall–Kier alpha value is -1.92. The van der Waals surface area contributed by atoms with E-state index >= 15 is 0 Å². The summed E-state index contributed by atoms with van der Waals surface area (Å²) in [6, 6.07) is 0. The van der Waals surface area contributed by atoms with Crippen molar-refractivity contribution in [3.8, 4) is 0 Å². The summed E-state index contributed by atoms with van der Waals surface area (Å²) in [5, 5.41) is 17.2. The van der Waals surface area contributed by atoms with Crippen LogP contribution in [0.25, 0.3) is 0 Å². The lowest BCUT2D eigenvalue weighted by molar-refractivity contribution is -0.159. The minimum atomic E-state index is -0.687. The van der Waals surface area contributed by atoms with Crippen molar-refractivity contribution in [2.45, 2.75) is 212 Å². The second-order valence-corrected chi connectivity index (χ2v) is 12.9. The van der Waals surface area contributed by atoms with Crippen LogP contribution in [0.2, 0.25) is 0 Å². The van der Waals surface area contributed by atoms with Crippen molar-refractivity contribution in [1.82, 2.24) is 0 Å². The minimum Gasteiger partial charge on any atom is -0.481 e. The molecule has 0 saturated heterocycles. The zero-order valence-electron chi connectivity index (χ0n) is 28.3. The van der Waals surface area contributed by atoms with Crippen LogP contribution in [-0.4, -0.2) is 34.1 Å². The number of unbranched alkanes of at least 4 members (excludes halogenated alkanes) is 27. The van der Waals surface area contributed by atoms with Gasteiger partial charge in [-0.05, 0) is 25.7 Å². The SMILES string of the molecule is O=C(O)CCCCCCCCCCCCCCCCCC(=O)OC(=O)CCCCCCCCCCCCCCCCC(=O)O. The van der Waals surface area contributed by atoms with Gasteiger partial charge in [0.15, 0.2) is 0 Å². The van der Waals surface area contributed by atoms with Gasteiger partial charge in [0.05, 0.1) is 0 Å². The van der Waals surface area contributed by atoms with E-state index in [0.717, 1.165) is 77.0 Å². The third-order valence-corrected chi connectivity index (χ3v) is 8.52. The van der Waals surface area contributed by atoms with Crippen LogP contribution >= 0.6 is 0 Å². The molecule has 0 unspecified atom stereocenters. The van der Waals surface area contributed by atoms with Gasteiger partial charge in [0, 0.05) is 25.7 Å². The normalized spacial score (nSPS) is 11.1. The average molecular weight is 625 g/mol. The minimum absolute atomic E-state index is 0.302. The molecule has 0 radical (unpaired) electrons. The summed E-state index contributed by atoms with van der Waals surface area (Å²) in [6.45, 7) is 0. The maximum absolute atomic E-state index is 11.9. The fourth-order valence-corrected chi connectivity index (χ4v) is 5.74. The van der Waals surface area contributed by atoms with Crippen molar-refractivity contribution >= 4 is 23.9 Å². The monoisotopic (exact) mass is 624 g/mol. The van der Waals surface area contributed by atoms with Crippen LogP contribution < -0.4 is 0 Å². The molecule has 0 amide bonds. The lowest BCUT2D eigenvalue weighted by atomic mass is 10.0. The summed E-state index contributed by atoms with van der Waals surface area (Å²) in [6.07, 6.45) is 34.7. The lowest BCUT2D eigenvalue weighted by Gasteiger charge is -2.05. The van der Waals surface area contributed by atoms with E-state index in [2.05, 4.69) is 0 Å². The average Bonchev–Trinajstić information content (AvgIpc) is 2.98. The van der Waals surface area contributed by atoms with Crippen LogP contribution in [-0.2, 0) is 23.9 Å². The molecular formula is C37H68O7. The maximum Gasteiger partial charge on any atom is 0.313 e. The third-order valence-electron chi connectivity index (χ3n) is 8.52. The second-order valence-electron chi connectivity index (χ2n) is 12.9. The van der Waals surface area contributed by atoms with E-state index in [0.29, 0.717) is 25.7 Å². The van der Waals surface area contributed by atoms with Gasteiger partial charge >= 0.3 is 23.9 Å². The first kappa shape index (κ1) is 42.1. The molecule has 0 aromatic heterocycles. The number of carboxylic acid groups (broad SMARTS) is 2. The molecule has 0 rings (SSSR count). The summed E-state index contributed by atoms with van der Waals surface area (Å²) in [4.78, 5) is 44.8. The standard InChI is InChI=1S/C37H68O7/c38-34(39)30-26-22-18-14-10-6-2-1-3-8-12-16-20-24-28-32-36(42)44-37(43)33-29-25-21-17-13-9-5-4-7-11-15-19-23-27-31-35(40)41/h1-33H2,(H,38,39)(H,40,41). The molecule has 0 saturated carbocycles. The summed E-state index contributed by atoms with van der Waals surface area (Å²) in [7, 11) is 0. The van der Waals surface area contributed by atoms with Crippen molar-refractivity contribution in [2.75, 3.05) is 0 Å². The number of ether oxygens (including phenoxy) is 1. The van der Waals surface area contributed by atoms with Crippen LogP contribution in [0.3, 0.4) is 0 Å². The molecule has 0 aromatic carbocycles. The zero-order chi connectivity index (χ0) is 32.4. The number of carbonyl (C=O) groups is 4. The molecule has 2 N–H and O–H groups in total. The topological polar surface area (TPSA) is 118 Å². The number of carboxylic acids is 2. The predicted molar refractivity (Wildman–Crippen MR) is 179 cm³/mol. The maximum atomic E-state index is 11.9. The van der Waals surface area contributed by atoms with Crippen LogP contribution in [0, 0.1) is 0 Å². The number of aliphatic carboxylic acids is 2. The number of carbonyl (C=O) groups excluding carboxylic acids is 2. The molecule has 0 aliphatic rings. The fraction of sp³-hybridized carbons (Fsp3) is 0.892. The third kappa shape index (κ3) is 36.3. The highest BCUT2D eigenvalue weighted by atomic mass is 16.6. The van der Waals surface area contributed by atoms with E-state index in [1.807, 2.05) is 0 Å². The summed E-state index contributed by atoms with van der Waals surface area (Å²) < 4.78 is 4.99. The second kappa shape index (κ2) is 34.0. The highest BCUT2D eigenvalue weighted by molar-refractivity contribution is 5.85. The summed E-state index contributed by atoms with van der Waals surface area (Å²) in [5.41, 5.74) is 0. The highest BCUT2D eigenvalue weighted by Crippen LogP contribution is 2.16. The number of hydrogen-bond acceptors (Lipinski definition) is 5. The molecule has 7 nitrogen and oxygen atoms in total. The Morgan fingerprint density at radius 3 is 0.614 bits per heavy atom. The van der Waals surface area contributed by atoms with Crippen molar-refractivity contribution in [3.05, 3.63) is 0 Å². The number of esters is 2. The molecule has 0 heterocycles. The molecule has 0 aromatic rings. The van der Waals surface area contributed by atoms with E-state index in [-0.39, 0.29) is 11.9 Å². The van der Waals surface area contributed by atoms with E-state index in [1.165, 1.54) is 109 Å². The predicted octanol–water partition coefficient (Wildman–Crippen LogP) is 11.1. The van der Waals surface area contributed by atoms with E-state index in [9.17, 15) is 19.2 Å². The Balaban J connectivity index is 3.28. The van der Waals surface area contributed by atoms with Gasteiger partial charge in [0.2, 0.25) is 0 Å². The van der Waals surface area contributed by atoms with Gasteiger partial charge < -0.3 is 14.9 Å². The summed E-state index contributed by atoms with van der Waals surface area (Å²) in [5.74, 6) is -2.11. The molecule has 0 aliphatic carbocycles. The molecule has 0 aliphatic heterocycles. The Morgan fingerprint density at radius 1 is 0.273 bits per heavy atom. The summed E-state index contributed by atoms with van der Waals surface area (Å²) >= 11 is 0. The molecule has 7 heteroatoms. The van der Waals surface area contributed by atoms with E-state index in [4.69, 9.17) is 14.9 Å². The van der Waals surface area contributed by atoms with Crippen molar-refractivity contribution in [2.24, 2.45) is 0 Å². The lowest BCUT2D eigenvalue weighted by Crippen LogP contribution is -2.11. The molecule has 0 fully saturated rings. The Bertz CT molecular complexity index is 691. The van der Waals surface area contributed by atoms with Crippen LogP contribution in [0.4, 0.5) is 0 Å². The van der Waals surface area contributed by atoms with Crippen molar-refractivity contribution in [3.63, 3.8) is 0 Å². The number of hydrogen-bond donors (Lipinski definition) is 2. The molecule has 258 valence electrons. The Kier molecular flexibility index (Phi) is 32.5. The number of rotatable bonds is 35. The smallest absolute Gasteiger partial charge is 0.313 e. The molecule has 44 heavy (non-hydrogen) atoms. The van der Waals surface area contributed by atoms with Crippen molar-refractivity contribution in [1.29, 1.82) is 0 Å². The van der Waals surface area contributed by atoms with Crippen molar-refractivity contribution < 1.29 is 34.1 Å². The van der Waals surface area contributed by atoms with E-state index < -0.39 is 11.9 Å². The van der Waals surface area contributed by atoms with Gasteiger partial charge in [0.1, 0.15) is 0 Å².